The van der Waals surface area contributed by atoms with E-state index in [2.05, 4.69) is 32.4 Å². The average molecular weight is 276 g/mol. The van der Waals surface area contributed by atoms with Gasteiger partial charge < -0.3 is 0 Å². The van der Waals surface area contributed by atoms with Gasteiger partial charge in [-0.15, -0.1) is 0 Å². The van der Waals surface area contributed by atoms with Gasteiger partial charge in [-0.2, -0.15) is 0 Å². The molecule has 0 amide bonds. The van der Waals surface area contributed by atoms with Crippen molar-refractivity contribution >= 4 is 33.9 Å². The molecular formula is C12H19ClNPS. The van der Waals surface area contributed by atoms with Crippen LogP contribution in [0.25, 0.3) is 0 Å². The van der Waals surface area contributed by atoms with Crippen LogP contribution in [0.15, 0.2) is 30.3 Å². The second-order valence-electron chi connectivity index (χ2n) is 4.41. The summed E-state index contributed by atoms with van der Waals surface area (Å²) >= 11 is 12.4. The minimum atomic E-state index is -2.13. The lowest BCUT2D eigenvalue weighted by atomic mass is 10.3. The van der Waals surface area contributed by atoms with Gasteiger partial charge in [0.1, 0.15) is 5.54 Å². The first-order chi connectivity index (χ1) is 7.37. The Kier molecular flexibility index (Phi) is 5.00. The molecular weight excluding hydrogens is 257 g/mol. The molecule has 1 atom stereocenters. The van der Waals surface area contributed by atoms with Crippen LogP contribution in [0.5, 0.6) is 0 Å². The highest BCUT2D eigenvalue weighted by Gasteiger charge is 2.29. The molecule has 0 N–H and O–H groups in total. The van der Waals surface area contributed by atoms with E-state index >= 15 is 0 Å². The normalized spacial score (nSPS) is 15.8. The summed E-state index contributed by atoms with van der Waals surface area (Å²) in [5, 5.41) is 1.08. The van der Waals surface area contributed by atoms with Crippen LogP contribution in [0.4, 0.5) is 0 Å². The highest BCUT2D eigenvalue weighted by molar-refractivity contribution is 8.29. The molecule has 0 aliphatic heterocycles. The van der Waals surface area contributed by atoms with Crippen molar-refractivity contribution in [3.63, 3.8) is 0 Å². The molecule has 0 aliphatic carbocycles. The zero-order chi connectivity index (χ0) is 12.3. The molecule has 0 bridgehead atoms. The van der Waals surface area contributed by atoms with Crippen LogP contribution >= 0.6 is 16.8 Å². The second-order valence-corrected chi connectivity index (χ2v) is 10.0. The molecule has 4 heteroatoms. The summed E-state index contributed by atoms with van der Waals surface area (Å²) in [6.07, 6.45) is 0. The quantitative estimate of drug-likeness (QED) is 0.765. The summed E-state index contributed by atoms with van der Waals surface area (Å²) in [6, 6.07) is 10.8. The fourth-order valence-electron chi connectivity index (χ4n) is 1.94. The van der Waals surface area contributed by atoms with E-state index in [0.29, 0.717) is 12.1 Å². The molecule has 0 spiro atoms. The van der Waals surface area contributed by atoms with Gasteiger partial charge in [0, 0.05) is 17.4 Å². The molecule has 1 aromatic rings. The van der Waals surface area contributed by atoms with Crippen LogP contribution in [0.3, 0.4) is 0 Å². The lowest BCUT2D eigenvalue weighted by Crippen LogP contribution is -2.35. The maximum Gasteiger partial charge on any atom is 0.127 e. The average Bonchev–Trinajstić information content (AvgIpc) is 2.17. The molecule has 1 nitrogen and oxygen atoms in total. The highest BCUT2D eigenvalue weighted by atomic mass is 35.7. The smallest absolute Gasteiger partial charge is 0.127 e. The summed E-state index contributed by atoms with van der Waals surface area (Å²) in [7, 11) is 0. The van der Waals surface area contributed by atoms with Gasteiger partial charge in [-0.25, -0.2) is 0 Å². The number of nitrogens with zero attached hydrogens (tertiary/aromatic N) is 1. The molecule has 0 heterocycles. The molecule has 0 aliphatic rings. The Labute approximate surface area is 109 Å². The molecule has 16 heavy (non-hydrogen) atoms. The van der Waals surface area contributed by atoms with Gasteiger partial charge in [-0.3, -0.25) is 4.67 Å². The number of benzene rings is 1. The van der Waals surface area contributed by atoms with Gasteiger partial charge in [0.15, 0.2) is 0 Å². The van der Waals surface area contributed by atoms with Crippen LogP contribution < -0.4 is 5.30 Å². The minimum absolute atomic E-state index is 0.364. The van der Waals surface area contributed by atoms with Gasteiger partial charge in [0.2, 0.25) is 0 Å². The fourth-order valence-corrected chi connectivity index (χ4v) is 6.81. The van der Waals surface area contributed by atoms with Gasteiger partial charge in [0.25, 0.3) is 0 Å². The van der Waals surface area contributed by atoms with Crippen LogP contribution in [0.2, 0.25) is 0 Å². The second kappa shape index (κ2) is 5.64. The van der Waals surface area contributed by atoms with Gasteiger partial charge >= 0.3 is 0 Å². The fraction of sp³-hybridized carbons (Fsp3) is 0.500. The predicted octanol–water partition coefficient (Wildman–Crippen LogP) is 3.98. The molecule has 0 saturated heterocycles. The summed E-state index contributed by atoms with van der Waals surface area (Å²) in [4.78, 5) is 0. The number of halogens is 1. The predicted molar refractivity (Wildman–Crippen MR) is 78.3 cm³/mol. The number of rotatable bonds is 4. The Hall–Kier alpha value is 0.120. The van der Waals surface area contributed by atoms with E-state index < -0.39 is 5.54 Å². The van der Waals surface area contributed by atoms with Crippen molar-refractivity contribution in [2.75, 3.05) is 0 Å². The van der Waals surface area contributed by atoms with Crippen molar-refractivity contribution in [1.82, 2.24) is 4.67 Å². The van der Waals surface area contributed by atoms with Crippen molar-refractivity contribution in [1.29, 1.82) is 0 Å². The Bertz CT molecular complexity index is 370. The lowest BCUT2D eigenvalue weighted by molar-refractivity contribution is 0.328. The first kappa shape index (κ1) is 14.2. The van der Waals surface area contributed by atoms with Crippen molar-refractivity contribution in [3.8, 4) is 0 Å². The van der Waals surface area contributed by atoms with Crippen LogP contribution in [-0.2, 0) is 11.8 Å². The summed E-state index contributed by atoms with van der Waals surface area (Å²) < 4.78 is 2.25. The van der Waals surface area contributed by atoms with Crippen molar-refractivity contribution < 1.29 is 0 Å². The molecule has 0 fully saturated rings. The van der Waals surface area contributed by atoms with E-state index in [0.717, 1.165) is 5.30 Å². The maximum atomic E-state index is 6.67. The van der Waals surface area contributed by atoms with E-state index in [9.17, 15) is 0 Å². The Balaban J connectivity index is 3.14. The first-order valence-electron chi connectivity index (χ1n) is 5.51. The molecule has 0 aromatic heterocycles. The summed E-state index contributed by atoms with van der Waals surface area (Å²) in [6.45, 7) is 8.58. The Morgan fingerprint density at radius 1 is 1.06 bits per heavy atom. The SMILES string of the molecule is CC(C)N(C(C)C)P(=S)(Cl)c1ccccc1. The standard InChI is InChI=1S/C12H19ClNPS/c1-10(2)14(11(3)4)15(13,16)12-8-6-5-7-9-12/h5-11H,1-4H3. The van der Waals surface area contributed by atoms with Crippen molar-refractivity contribution in [3.05, 3.63) is 30.3 Å². The third-order valence-corrected chi connectivity index (χ3v) is 7.19. The summed E-state index contributed by atoms with van der Waals surface area (Å²) in [5.74, 6) is 0. The highest BCUT2D eigenvalue weighted by Crippen LogP contribution is 2.56. The zero-order valence-electron chi connectivity index (χ0n) is 10.2. The van der Waals surface area contributed by atoms with E-state index in [-0.39, 0.29) is 0 Å². The van der Waals surface area contributed by atoms with Crippen molar-refractivity contribution in [2.45, 2.75) is 39.8 Å². The lowest BCUT2D eigenvalue weighted by Gasteiger charge is -2.37. The van der Waals surface area contributed by atoms with E-state index in [1.165, 1.54) is 0 Å². The number of hydrogen-bond acceptors (Lipinski definition) is 1. The van der Waals surface area contributed by atoms with Crippen LogP contribution in [0.1, 0.15) is 27.7 Å². The molecule has 1 aromatic carbocycles. The molecule has 0 saturated carbocycles. The number of hydrogen-bond donors (Lipinski definition) is 0. The monoisotopic (exact) mass is 275 g/mol. The minimum Gasteiger partial charge on any atom is -0.255 e. The van der Waals surface area contributed by atoms with E-state index in [1.54, 1.807) is 0 Å². The topological polar surface area (TPSA) is 3.24 Å². The Morgan fingerprint density at radius 3 is 1.88 bits per heavy atom. The zero-order valence-corrected chi connectivity index (χ0v) is 12.7. The molecule has 1 unspecified atom stereocenters. The van der Waals surface area contributed by atoms with Crippen LogP contribution in [-0.4, -0.2) is 16.8 Å². The van der Waals surface area contributed by atoms with Gasteiger partial charge in [-0.05, 0) is 27.7 Å². The maximum absolute atomic E-state index is 6.67. The van der Waals surface area contributed by atoms with Crippen LogP contribution in [0, 0.1) is 0 Å². The Morgan fingerprint density at radius 2 is 1.50 bits per heavy atom. The summed E-state index contributed by atoms with van der Waals surface area (Å²) in [5.41, 5.74) is -2.13. The largest absolute Gasteiger partial charge is 0.255 e. The third kappa shape index (κ3) is 3.07. The van der Waals surface area contributed by atoms with E-state index in [1.807, 2.05) is 30.3 Å². The van der Waals surface area contributed by atoms with Crippen molar-refractivity contribution in [2.24, 2.45) is 0 Å². The molecule has 90 valence electrons. The van der Waals surface area contributed by atoms with Gasteiger partial charge in [0.05, 0.1) is 0 Å². The van der Waals surface area contributed by atoms with Gasteiger partial charge in [-0.1, -0.05) is 53.4 Å². The molecule has 0 radical (unpaired) electrons. The van der Waals surface area contributed by atoms with E-state index in [4.69, 9.17) is 23.0 Å². The third-order valence-electron chi connectivity index (χ3n) is 2.43. The first-order valence-corrected chi connectivity index (χ1v) is 9.17. The molecule has 1 rings (SSSR count).